The van der Waals surface area contributed by atoms with E-state index in [4.69, 9.17) is 0 Å². The second-order valence-electron chi connectivity index (χ2n) is 6.32. The van der Waals surface area contributed by atoms with Crippen LogP contribution in [-0.2, 0) is 13.5 Å². The fourth-order valence-electron chi connectivity index (χ4n) is 3.42. The summed E-state index contributed by atoms with van der Waals surface area (Å²) in [4.78, 5) is 12.8. The fourth-order valence-corrected chi connectivity index (χ4v) is 3.42. The maximum atomic E-state index is 12.8. The summed E-state index contributed by atoms with van der Waals surface area (Å²) < 4.78 is 1.59. The summed E-state index contributed by atoms with van der Waals surface area (Å²) >= 11 is 0. The predicted molar refractivity (Wildman–Crippen MR) is 93.8 cm³/mol. The molecule has 1 unspecified atom stereocenters. The molecule has 4 rings (SSSR count). The van der Waals surface area contributed by atoms with Gasteiger partial charge in [-0.3, -0.25) is 4.79 Å². The van der Waals surface area contributed by atoms with Gasteiger partial charge >= 0.3 is 0 Å². The molecule has 0 bridgehead atoms. The third-order valence-electron chi connectivity index (χ3n) is 4.68. The van der Waals surface area contributed by atoms with Crippen LogP contribution in [0.4, 0.5) is 0 Å². The minimum Gasteiger partial charge on any atom is -0.345 e. The highest BCUT2D eigenvalue weighted by Gasteiger charge is 2.22. The molecule has 0 saturated carbocycles. The van der Waals surface area contributed by atoms with Gasteiger partial charge in [0.2, 0.25) is 0 Å². The number of carbonyl (C=O) groups is 1. The first-order valence-corrected chi connectivity index (χ1v) is 8.44. The molecular formula is C19H19N5O. The average molecular weight is 333 g/mol. The molecule has 1 atom stereocenters. The monoisotopic (exact) mass is 333 g/mol. The summed E-state index contributed by atoms with van der Waals surface area (Å²) in [5, 5.41) is 14.7. The number of benzene rings is 2. The van der Waals surface area contributed by atoms with Gasteiger partial charge in [0.15, 0.2) is 5.82 Å². The SMILES string of the molecule is Cn1nnnc1-c1cccc(C(=O)NC2CCCc3ccccc32)c1. The molecule has 3 aromatic rings. The molecule has 6 heteroatoms. The van der Waals surface area contributed by atoms with Crippen molar-refractivity contribution in [1.82, 2.24) is 25.5 Å². The van der Waals surface area contributed by atoms with Gasteiger partial charge in [-0.1, -0.05) is 36.4 Å². The maximum Gasteiger partial charge on any atom is 0.251 e. The Hall–Kier alpha value is -3.02. The van der Waals surface area contributed by atoms with E-state index in [1.807, 2.05) is 30.3 Å². The van der Waals surface area contributed by atoms with E-state index in [0.29, 0.717) is 11.4 Å². The van der Waals surface area contributed by atoms with E-state index in [9.17, 15) is 4.79 Å². The van der Waals surface area contributed by atoms with Crippen LogP contribution in [0.25, 0.3) is 11.4 Å². The number of carbonyl (C=O) groups excluding carboxylic acids is 1. The summed E-state index contributed by atoms with van der Waals surface area (Å²) in [5.41, 5.74) is 4.00. The number of aromatic nitrogens is 4. The maximum absolute atomic E-state index is 12.8. The van der Waals surface area contributed by atoms with Crippen molar-refractivity contribution in [3.8, 4) is 11.4 Å². The van der Waals surface area contributed by atoms with E-state index in [1.54, 1.807) is 11.7 Å². The first-order chi connectivity index (χ1) is 12.2. The van der Waals surface area contributed by atoms with Crippen molar-refractivity contribution in [2.45, 2.75) is 25.3 Å². The zero-order valence-corrected chi connectivity index (χ0v) is 14.0. The molecular weight excluding hydrogens is 314 g/mol. The minimum absolute atomic E-state index is 0.0672. The Morgan fingerprint density at radius 1 is 1.20 bits per heavy atom. The number of nitrogens with zero attached hydrogens (tertiary/aromatic N) is 4. The summed E-state index contributed by atoms with van der Waals surface area (Å²) in [7, 11) is 1.78. The molecule has 25 heavy (non-hydrogen) atoms. The topological polar surface area (TPSA) is 72.7 Å². The first-order valence-electron chi connectivity index (χ1n) is 8.44. The molecule has 1 N–H and O–H groups in total. The van der Waals surface area contributed by atoms with Crippen molar-refractivity contribution in [3.63, 3.8) is 0 Å². The van der Waals surface area contributed by atoms with Gasteiger partial charge in [0.05, 0.1) is 6.04 Å². The van der Waals surface area contributed by atoms with Crippen LogP contribution in [0.2, 0.25) is 0 Å². The van der Waals surface area contributed by atoms with Crippen LogP contribution < -0.4 is 5.32 Å². The summed E-state index contributed by atoms with van der Waals surface area (Å²) in [5.74, 6) is 0.566. The molecule has 0 radical (unpaired) electrons. The van der Waals surface area contributed by atoms with E-state index in [2.05, 4.69) is 39.0 Å². The van der Waals surface area contributed by atoms with E-state index in [-0.39, 0.29) is 11.9 Å². The third kappa shape index (κ3) is 3.03. The molecule has 0 saturated heterocycles. The lowest BCUT2D eigenvalue weighted by molar-refractivity contribution is 0.0933. The summed E-state index contributed by atoms with van der Waals surface area (Å²) in [6.07, 6.45) is 3.14. The average Bonchev–Trinajstić information content (AvgIpc) is 3.08. The van der Waals surface area contributed by atoms with Gasteiger partial charge in [-0.05, 0) is 52.9 Å². The highest BCUT2D eigenvalue weighted by atomic mass is 16.1. The predicted octanol–water partition coefficient (Wildman–Crippen LogP) is 2.68. The Kier molecular flexibility index (Phi) is 4.01. The number of fused-ring (bicyclic) bond motifs is 1. The number of nitrogens with one attached hydrogen (secondary N) is 1. The highest BCUT2D eigenvalue weighted by molar-refractivity contribution is 5.95. The largest absolute Gasteiger partial charge is 0.345 e. The molecule has 0 spiro atoms. The highest BCUT2D eigenvalue weighted by Crippen LogP contribution is 2.29. The van der Waals surface area contributed by atoms with Gasteiger partial charge in [-0.25, -0.2) is 4.68 Å². The van der Waals surface area contributed by atoms with Crippen molar-refractivity contribution < 1.29 is 4.79 Å². The van der Waals surface area contributed by atoms with Crippen molar-refractivity contribution in [2.24, 2.45) is 7.05 Å². The molecule has 1 aromatic heterocycles. The van der Waals surface area contributed by atoms with Gasteiger partial charge in [0.1, 0.15) is 0 Å². The summed E-state index contributed by atoms with van der Waals surface area (Å²) in [6.45, 7) is 0. The van der Waals surface area contributed by atoms with Crippen LogP contribution in [-0.4, -0.2) is 26.1 Å². The van der Waals surface area contributed by atoms with E-state index in [1.165, 1.54) is 11.1 Å². The molecule has 0 fully saturated rings. The molecule has 2 aromatic carbocycles. The Morgan fingerprint density at radius 2 is 2.08 bits per heavy atom. The van der Waals surface area contributed by atoms with E-state index < -0.39 is 0 Å². The number of aryl methyl sites for hydroxylation is 2. The van der Waals surface area contributed by atoms with Crippen LogP contribution in [0, 0.1) is 0 Å². The zero-order chi connectivity index (χ0) is 17.2. The van der Waals surface area contributed by atoms with E-state index in [0.717, 1.165) is 24.8 Å². The number of amides is 1. The molecule has 1 amide bonds. The Labute approximate surface area is 145 Å². The van der Waals surface area contributed by atoms with Crippen LogP contribution >= 0.6 is 0 Å². The van der Waals surface area contributed by atoms with Crippen LogP contribution in [0.15, 0.2) is 48.5 Å². The smallest absolute Gasteiger partial charge is 0.251 e. The lowest BCUT2D eigenvalue weighted by atomic mass is 9.87. The normalized spacial score (nSPS) is 16.3. The Bertz CT molecular complexity index is 917. The Balaban J connectivity index is 1.58. The number of hydrogen-bond acceptors (Lipinski definition) is 4. The van der Waals surface area contributed by atoms with Crippen LogP contribution in [0.3, 0.4) is 0 Å². The van der Waals surface area contributed by atoms with E-state index >= 15 is 0 Å². The second-order valence-corrected chi connectivity index (χ2v) is 6.32. The minimum atomic E-state index is -0.0707. The number of tetrazole rings is 1. The Morgan fingerprint density at radius 3 is 2.92 bits per heavy atom. The molecule has 126 valence electrons. The van der Waals surface area contributed by atoms with Gasteiger partial charge in [-0.2, -0.15) is 0 Å². The van der Waals surface area contributed by atoms with Crippen molar-refractivity contribution in [1.29, 1.82) is 0 Å². The number of rotatable bonds is 3. The summed E-state index contributed by atoms with van der Waals surface area (Å²) in [6, 6.07) is 15.8. The van der Waals surface area contributed by atoms with Gasteiger partial charge in [0.25, 0.3) is 5.91 Å². The zero-order valence-electron chi connectivity index (χ0n) is 14.0. The molecule has 1 heterocycles. The van der Waals surface area contributed by atoms with Crippen molar-refractivity contribution in [2.75, 3.05) is 0 Å². The fraction of sp³-hybridized carbons (Fsp3) is 0.263. The van der Waals surface area contributed by atoms with Crippen molar-refractivity contribution >= 4 is 5.91 Å². The number of hydrogen-bond donors (Lipinski definition) is 1. The van der Waals surface area contributed by atoms with Gasteiger partial charge < -0.3 is 5.32 Å². The second kappa shape index (κ2) is 6.47. The van der Waals surface area contributed by atoms with Crippen LogP contribution in [0.1, 0.15) is 40.4 Å². The first kappa shape index (κ1) is 15.5. The van der Waals surface area contributed by atoms with Crippen LogP contribution in [0.5, 0.6) is 0 Å². The quantitative estimate of drug-likeness (QED) is 0.800. The molecule has 0 aliphatic heterocycles. The van der Waals surface area contributed by atoms with Gasteiger partial charge in [-0.15, -0.1) is 5.10 Å². The standard InChI is InChI=1S/C19H19N5O/c1-24-18(21-22-23-24)14-8-4-9-15(12-14)19(25)20-17-11-5-7-13-6-2-3-10-16(13)17/h2-4,6,8-10,12,17H,5,7,11H2,1H3,(H,20,25). The molecule has 1 aliphatic carbocycles. The lowest BCUT2D eigenvalue weighted by Gasteiger charge is -2.26. The van der Waals surface area contributed by atoms with Crippen molar-refractivity contribution in [3.05, 3.63) is 65.2 Å². The van der Waals surface area contributed by atoms with Gasteiger partial charge in [0, 0.05) is 18.2 Å². The lowest BCUT2D eigenvalue weighted by Crippen LogP contribution is -2.31. The molecule has 1 aliphatic rings. The third-order valence-corrected chi connectivity index (χ3v) is 4.68. The molecule has 6 nitrogen and oxygen atoms in total.